The number of hydrogen-bond donors (Lipinski definition) is 1. The van der Waals surface area contributed by atoms with Crippen LogP contribution in [0.25, 0.3) is 0 Å². The van der Waals surface area contributed by atoms with Gasteiger partial charge in [-0.2, -0.15) is 0 Å². The summed E-state index contributed by atoms with van der Waals surface area (Å²) in [6.07, 6.45) is 0.577. The van der Waals surface area contributed by atoms with Crippen molar-refractivity contribution in [3.8, 4) is 11.5 Å². The quantitative estimate of drug-likeness (QED) is 0.557. The molecule has 0 aliphatic carbocycles. The molecule has 1 amide bonds. The summed E-state index contributed by atoms with van der Waals surface area (Å²) < 4.78 is 15.7. The van der Waals surface area contributed by atoms with Crippen LogP contribution in [0.15, 0.2) is 42.5 Å². The van der Waals surface area contributed by atoms with Crippen molar-refractivity contribution in [1.29, 1.82) is 0 Å². The van der Waals surface area contributed by atoms with Crippen LogP contribution in [-0.4, -0.2) is 25.8 Å². The lowest BCUT2D eigenvalue weighted by Crippen LogP contribution is -2.14. The molecule has 30 heavy (non-hydrogen) atoms. The summed E-state index contributed by atoms with van der Waals surface area (Å²) in [6.45, 7) is 2.06. The van der Waals surface area contributed by atoms with Gasteiger partial charge in [-0.25, -0.2) is 4.79 Å². The molecule has 8 heteroatoms. The zero-order chi connectivity index (χ0) is 21.3. The summed E-state index contributed by atoms with van der Waals surface area (Å²) in [7, 11) is 1.32. The van der Waals surface area contributed by atoms with Crippen LogP contribution in [-0.2, 0) is 11.2 Å². The van der Waals surface area contributed by atoms with Crippen molar-refractivity contribution in [3.05, 3.63) is 74.6 Å². The van der Waals surface area contributed by atoms with Crippen molar-refractivity contribution in [1.82, 2.24) is 0 Å². The van der Waals surface area contributed by atoms with Crippen LogP contribution in [0.4, 0.5) is 5.00 Å². The van der Waals surface area contributed by atoms with Crippen molar-refractivity contribution in [2.75, 3.05) is 19.2 Å². The van der Waals surface area contributed by atoms with Crippen molar-refractivity contribution in [2.24, 2.45) is 0 Å². The van der Waals surface area contributed by atoms with Gasteiger partial charge in [0.2, 0.25) is 6.79 Å². The predicted octanol–water partition coefficient (Wildman–Crippen LogP) is 5.07. The van der Waals surface area contributed by atoms with E-state index in [4.69, 9.17) is 25.8 Å². The first-order valence-electron chi connectivity index (χ1n) is 9.12. The molecule has 0 spiro atoms. The van der Waals surface area contributed by atoms with E-state index < -0.39 is 5.97 Å². The van der Waals surface area contributed by atoms with Gasteiger partial charge in [0.25, 0.3) is 5.91 Å². The molecule has 0 unspecified atom stereocenters. The van der Waals surface area contributed by atoms with E-state index in [1.165, 1.54) is 18.4 Å². The van der Waals surface area contributed by atoms with Gasteiger partial charge in [-0.05, 0) is 54.4 Å². The molecule has 3 aromatic rings. The highest BCUT2D eigenvalue weighted by Crippen LogP contribution is 2.37. The van der Waals surface area contributed by atoms with Gasteiger partial charge in [-0.3, -0.25) is 4.79 Å². The fraction of sp³-hybridized carbons (Fsp3) is 0.182. The van der Waals surface area contributed by atoms with Gasteiger partial charge in [0.15, 0.2) is 11.5 Å². The largest absolute Gasteiger partial charge is 0.465 e. The first kappa shape index (κ1) is 20.3. The fourth-order valence-corrected chi connectivity index (χ4v) is 4.53. The maximum absolute atomic E-state index is 12.7. The SMILES string of the molecule is COC(=O)c1c(NC(=O)c2ccc(Cl)cc2)sc(Cc2ccc3c(c2)OCO3)c1C. The van der Waals surface area contributed by atoms with Crippen LogP contribution in [0.5, 0.6) is 11.5 Å². The fourth-order valence-electron chi connectivity index (χ4n) is 3.18. The number of carbonyl (C=O) groups excluding carboxylic acids is 2. The lowest BCUT2D eigenvalue weighted by Gasteiger charge is -2.06. The van der Waals surface area contributed by atoms with E-state index >= 15 is 0 Å². The number of carbonyl (C=O) groups is 2. The van der Waals surface area contributed by atoms with E-state index in [1.807, 2.05) is 25.1 Å². The number of methoxy groups -OCH3 is 1. The number of rotatable bonds is 5. The van der Waals surface area contributed by atoms with Crippen LogP contribution < -0.4 is 14.8 Å². The van der Waals surface area contributed by atoms with Gasteiger partial charge in [0, 0.05) is 21.9 Å². The second kappa shape index (κ2) is 8.38. The summed E-state index contributed by atoms with van der Waals surface area (Å²) in [6, 6.07) is 12.3. The highest BCUT2D eigenvalue weighted by molar-refractivity contribution is 7.17. The summed E-state index contributed by atoms with van der Waals surface area (Å²) >= 11 is 7.24. The minimum atomic E-state index is -0.493. The van der Waals surface area contributed by atoms with Gasteiger partial charge in [0.1, 0.15) is 5.00 Å². The number of esters is 1. The second-order valence-electron chi connectivity index (χ2n) is 6.67. The van der Waals surface area contributed by atoms with E-state index in [9.17, 15) is 9.59 Å². The van der Waals surface area contributed by atoms with E-state index in [0.29, 0.717) is 39.1 Å². The number of thiophene rings is 1. The van der Waals surface area contributed by atoms with Crippen LogP contribution >= 0.6 is 22.9 Å². The Labute approximate surface area is 182 Å². The molecule has 2 aromatic carbocycles. The van der Waals surface area contributed by atoms with Crippen LogP contribution in [0.2, 0.25) is 5.02 Å². The summed E-state index contributed by atoms with van der Waals surface area (Å²) in [5, 5.41) is 3.84. The number of ether oxygens (including phenoxy) is 3. The van der Waals surface area contributed by atoms with Crippen molar-refractivity contribution in [2.45, 2.75) is 13.3 Å². The Balaban J connectivity index is 1.64. The Kier molecular flexibility index (Phi) is 5.65. The molecular formula is C22H18ClNO5S. The Morgan fingerprint density at radius 1 is 1.13 bits per heavy atom. The van der Waals surface area contributed by atoms with E-state index in [-0.39, 0.29) is 12.7 Å². The first-order valence-corrected chi connectivity index (χ1v) is 10.3. The molecule has 1 aromatic heterocycles. The van der Waals surface area contributed by atoms with Gasteiger partial charge in [0.05, 0.1) is 12.7 Å². The number of hydrogen-bond acceptors (Lipinski definition) is 6. The maximum Gasteiger partial charge on any atom is 0.341 e. The Morgan fingerprint density at radius 3 is 2.60 bits per heavy atom. The third kappa shape index (κ3) is 3.99. The van der Waals surface area contributed by atoms with Crippen LogP contribution in [0.3, 0.4) is 0 Å². The molecule has 2 heterocycles. The molecular weight excluding hydrogens is 426 g/mol. The van der Waals surface area contributed by atoms with E-state index in [1.54, 1.807) is 24.3 Å². The monoisotopic (exact) mass is 443 g/mol. The van der Waals surface area contributed by atoms with E-state index in [2.05, 4.69) is 5.32 Å². The van der Waals surface area contributed by atoms with Crippen LogP contribution in [0.1, 0.15) is 36.7 Å². The molecule has 0 atom stereocenters. The second-order valence-corrected chi connectivity index (χ2v) is 8.21. The summed E-state index contributed by atoms with van der Waals surface area (Å²) in [4.78, 5) is 26.0. The zero-order valence-electron chi connectivity index (χ0n) is 16.3. The highest BCUT2D eigenvalue weighted by Gasteiger charge is 2.24. The molecule has 4 rings (SSSR count). The molecule has 0 saturated heterocycles. The van der Waals surface area contributed by atoms with Crippen LogP contribution in [0, 0.1) is 6.92 Å². The molecule has 154 valence electrons. The standard InChI is InChI=1S/C22H18ClNO5S/c1-12-18(10-13-3-8-16-17(9-13)29-11-28-16)30-21(19(12)22(26)27-2)24-20(25)14-4-6-15(23)7-5-14/h3-9H,10-11H2,1-2H3,(H,24,25). The van der Waals surface area contributed by atoms with E-state index in [0.717, 1.165) is 16.0 Å². The molecule has 0 bridgehead atoms. The summed E-state index contributed by atoms with van der Waals surface area (Å²) in [5.74, 6) is 0.596. The Hall–Kier alpha value is -3.03. The number of halogens is 1. The number of anilines is 1. The normalized spacial score (nSPS) is 12.0. The molecule has 1 aliphatic heterocycles. The molecule has 1 N–H and O–H groups in total. The van der Waals surface area contributed by atoms with Gasteiger partial charge in [-0.15, -0.1) is 11.3 Å². The molecule has 0 fully saturated rings. The van der Waals surface area contributed by atoms with Crippen molar-refractivity contribution < 1.29 is 23.8 Å². The van der Waals surface area contributed by atoms with Gasteiger partial charge >= 0.3 is 5.97 Å². The summed E-state index contributed by atoms with van der Waals surface area (Å²) in [5.41, 5.74) is 2.59. The third-order valence-corrected chi connectivity index (χ3v) is 6.23. The topological polar surface area (TPSA) is 73.9 Å². The third-order valence-electron chi connectivity index (χ3n) is 4.77. The lowest BCUT2D eigenvalue weighted by atomic mass is 10.1. The number of amides is 1. The minimum Gasteiger partial charge on any atom is -0.465 e. The molecule has 0 radical (unpaired) electrons. The predicted molar refractivity (Wildman–Crippen MR) is 115 cm³/mol. The average molecular weight is 444 g/mol. The molecule has 1 aliphatic rings. The van der Waals surface area contributed by atoms with Gasteiger partial charge < -0.3 is 19.5 Å². The average Bonchev–Trinajstić information content (AvgIpc) is 3.32. The first-order chi connectivity index (χ1) is 14.5. The maximum atomic E-state index is 12.7. The Morgan fingerprint density at radius 2 is 1.87 bits per heavy atom. The lowest BCUT2D eigenvalue weighted by molar-refractivity contribution is 0.0601. The molecule has 0 saturated carbocycles. The molecule has 6 nitrogen and oxygen atoms in total. The minimum absolute atomic E-state index is 0.212. The smallest absolute Gasteiger partial charge is 0.341 e. The van der Waals surface area contributed by atoms with Gasteiger partial charge in [-0.1, -0.05) is 17.7 Å². The van der Waals surface area contributed by atoms with Crippen molar-refractivity contribution in [3.63, 3.8) is 0 Å². The highest BCUT2D eigenvalue weighted by atomic mass is 35.5. The number of benzene rings is 2. The zero-order valence-corrected chi connectivity index (χ0v) is 17.9. The number of fused-ring (bicyclic) bond motifs is 1. The Bertz CT molecular complexity index is 1120. The number of nitrogens with one attached hydrogen (secondary N) is 1. The van der Waals surface area contributed by atoms with Crippen molar-refractivity contribution >= 4 is 39.8 Å².